The zero-order valence-electron chi connectivity index (χ0n) is 23.2. The number of nitrogens with one attached hydrogen (secondary N) is 1. The summed E-state index contributed by atoms with van der Waals surface area (Å²) in [5.74, 6) is -1.77. The second-order valence-electron chi connectivity index (χ2n) is 10.2. The summed E-state index contributed by atoms with van der Waals surface area (Å²) >= 11 is 0. The van der Waals surface area contributed by atoms with Crippen LogP contribution in [-0.4, -0.2) is 36.1 Å². The number of benzene rings is 3. The Labute approximate surface area is 240 Å². The Morgan fingerprint density at radius 1 is 0.976 bits per heavy atom. The number of fused-ring (bicyclic) bond motifs is 1. The van der Waals surface area contributed by atoms with Crippen LogP contribution < -0.4 is 10.5 Å². The number of Topliss-reactive ketones (excluding diaryl/α,β-unsaturated/α-hetero) is 1. The van der Waals surface area contributed by atoms with Crippen molar-refractivity contribution in [1.29, 1.82) is 0 Å². The number of oxazole rings is 1. The van der Waals surface area contributed by atoms with Crippen molar-refractivity contribution in [1.82, 2.24) is 10.3 Å². The fraction of sp³-hybridized carbons (Fsp3) is 0.323. The van der Waals surface area contributed by atoms with Gasteiger partial charge in [-0.25, -0.2) is 23.3 Å². The number of ketones is 1. The molecule has 0 aliphatic carbocycles. The first-order valence-electron chi connectivity index (χ1n) is 13.6. The van der Waals surface area contributed by atoms with Crippen molar-refractivity contribution in [3.05, 3.63) is 102 Å². The number of rotatable bonds is 13. The number of amides is 1. The molecule has 3 aromatic carbocycles. The fourth-order valence-corrected chi connectivity index (χ4v) is 6.47. The Bertz CT molecular complexity index is 1540. The molecule has 0 aliphatic heterocycles. The minimum absolute atomic E-state index is 0.0324. The van der Waals surface area contributed by atoms with Gasteiger partial charge in [0.25, 0.3) is 5.89 Å². The van der Waals surface area contributed by atoms with Crippen LogP contribution >= 0.6 is 0 Å². The van der Waals surface area contributed by atoms with Gasteiger partial charge in [-0.2, -0.15) is 0 Å². The van der Waals surface area contributed by atoms with Gasteiger partial charge in [0.1, 0.15) is 12.1 Å². The molecule has 0 fully saturated rings. The topological polar surface area (TPSA) is 142 Å². The highest BCUT2D eigenvalue weighted by Crippen LogP contribution is 2.36. The highest BCUT2D eigenvalue weighted by Gasteiger charge is 2.58. The predicted molar refractivity (Wildman–Crippen MR) is 157 cm³/mol. The lowest BCUT2D eigenvalue weighted by molar-refractivity contribution is 0.0831. The summed E-state index contributed by atoms with van der Waals surface area (Å²) in [6.07, 6.45) is 0.192. The molecule has 3 N–H and O–H groups in total. The number of carbonyl (C=O) groups excluding carboxylic acids is 2. The van der Waals surface area contributed by atoms with E-state index in [9.17, 15) is 18.0 Å². The van der Waals surface area contributed by atoms with E-state index in [0.717, 1.165) is 11.1 Å². The quantitative estimate of drug-likeness (QED) is 0.203. The van der Waals surface area contributed by atoms with Gasteiger partial charge in [-0.3, -0.25) is 4.79 Å². The number of carbonyl (C=O) groups is 2. The number of hydrogen-bond acceptors (Lipinski definition) is 7. The van der Waals surface area contributed by atoms with Crippen molar-refractivity contribution in [2.24, 2.45) is 11.1 Å². The van der Waals surface area contributed by atoms with E-state index in [1.54, 1.807) is 43.3 Å². The molecule has 9 nitrogen and oxygen atoms in total. The maximum absolute atomic E-state index is 14.3. The van der Waals surface area contributed by atoms with Crippen LogP contribution in [0.1, 0.15) is 54.9 Å². The molecule has 1 heterocycles. The van der Waals surface area contributed by atoms with Crippen molar-refractivity contribution in [2.45, 2.75) is 56.9 Å². The maximum atomic E-state index is 14.3. The van der Waals surface area contributed by atoms with Crippen LogP contribution in [0.5, 0.6) is 0 Å². The van der Waals surface area contributed by atoms with Gasteiger partial charge >= 0.3 is 6.09 Å². The number of ether oxygens (including phenoxy) is 1. The van der Waals surface area contributed by atoms with Crippen molar-refractivity contribution >= 4 is 33.0 Å². The number of nitrogens with zero attached hydrogens (tertiary/aromatic N) is 1. The van der Waals surface area contributed by atoms with Crippen LogP contribution in [0, 0.1) is 5.92 Å². The Kier molecular flexibility index (Phi) is 9.57. The number of nitrogens with two attached hydrogens (primary N) is 1. The molecule has 4 rings (SSSR count). The third-order valence-corrected chi connectivity index (χ3v) is 9.10. The largest absolute Gasteiger partial charge is 0.445 e. The third-order valence-electron chi connectivity index (χ3n) is 7.44. The smallest absolute Gasteiger partial charge is 0.407 e. The van der Waals surface area contributed by atoms with Crippen molar-refractivity contribution in [3.8, 4) is 0 Å². The minimum atomic E-state index is -4.65. The van der Waals surface area contributed by atoms with Gasteiger partial charge in [-0.1, -0.05) is 93.1 Å². The molecule has 1 aromatic heterocycles. The number of primary sulfonamides is 1. The number of alkyl carbamates (subject to hydrolysis) is 1. The van der Waals surface area contributed by atoms with E-state index in [-0.39, 0.29) is 18.9 Å². The maximum Gasteiger partial charge on any atom is 0.407 e. The highest BCUT2D eigenvalue weighted by atomic mass is 32.2. The van der Waals surface area contributed by atoms with Crippen molar-refractivity contribution in [3.63, 3.8) is 0 Å². The third kappa shape index (κ3) is 6.83. The van der Waals surface area contributed by atoms with Gasteiger partial charge in [-0.15, -0.1) is 0 Å². The van der Waals surface area contributed by atoms with Gasteiger partial charge in [0.15, 0.2) is 10.3 Å². The van der Waals surface area contributed by atoms with Crippen molar-refractivity contribution < 1.29 is 27.2 Å². The number of hydrogen-bond donors (Lipinski definition) is 2. The van der Waals surface area contributed by atoms with Crippen LogP contribution in [0.25, 0.3) is 11.1 Å². The van der Waals surface area contributed by atoms with E-state index in [2.05, 4.69) is 10.3 Å². The summed E-state index contributed by atoms with van der Waals surface area (Å²) in [6, 6.07) is 24.1. The van der Waals surface area contributed by atoms with Gasteiger partial charge in [0.05, 0.1) is 6.04 Å². The molecule has 0 bridgehead atoms. The molecule has 10 heteroatoms. The first-order valence-corrected chi connectivity index (χ1v) is 15.1. The summed E-state index contributed by atoms with van der Waals surface area (Å²) in [5, 5.41) is 8.66. The Hall–Kier alpha value is -4.02. The summed E-state index contributed by atoms with van der Waals surface area (Å²) in [6.45, 7) is 3.57. The lowest BCUT2D eigenvalue weighted by atomic mass is 9.80. The van der Waals surface area contributed by atoms with Crippen LogP contribution in [-0.2, 0) is 27.8 Å². The molecule has 0 saturated heterocycles. The van der Waals surface area contributed by atoms with Crippen LogP contribution in [0.2, 0.25) is 0 Å². The second kappa shape index (κ2) is 13.1. The van der Waals surface area contributed by atoms with Crippen molar-refractivity contribution in [2.75, 3.05) is 0 Å². The lowest BCUT2D eigenvalue weighted by Crippen LogP contribution is -2.65. The van der Waals surface area contributed by atoms with E-state index < -0.39 is 38.6 Å². The normalized spacial score (nSPS) is 14.6. The first kappa shape index (κ1) is 30.0. The molecular formula is C31H35N3O6S. The molecule has 4 aromatic rings. The molecule has 3 unspecified atom stereocenters. The van der Waals surface area contributed by atoms with Gasteiger partial charge < -0.3 is 14.5 Å². The zero-order chi connectivity index (χ0) is 29.5. The van der Waals surface area contributed by atoms with Crippen LogP contribution in [0.4, 0.5) is 4.79 Å². The van der Waals surface area contributed by atoms with Gasteiger partial charge in [-0.05, 0) is 48.4 Å². The van der Waals surface area contributed by atoms with E-state index in [1.807, 2.05) is 55.5 Å². The summed E-state index contributed by atoms with van der Waals surface area (Å²) < 4.78 is 36.2. The zero-order valence-corrected chi connectivity index (χ0v) is 24.0. The second-order valence-corrected chi connectivity index (χ2v) is 12.0. The van der Waals surface area contributed by atoms with E-state index in [0.29, 0.717) is 30.4 Å². The summed E-state index contributed by atoms with van der Waals surface area (Å²) in [4.78, 5) is 31.7. The number of aromatic nitrogens is 1. The Morgan fingerprint density at radius 2 is 1.59 bits per heavy atom. The SMILES string of the molecule is CCC(C)C(NC(=O)OCc1ccccc1)C(CCCc1ccccc1)(C(=O)c1nc2ccccc2o1)S(N)(=O)=O. The van der Waals surface area contributed by atoms with Crippen LogP contribution in [0.15, 0.2) is 89.3 Å². The molecule has 41 heavy (non-hydrogen) atoms. The van der Waals surface area contributed by atoms with E-state index in [4.69, 9.17) is 14.3 Å². The molecule has 0 radical (unpaired) electrons. The summed E-state index contributed by atoms with van der Waals surface area (Å²) in [5.41, 5.74) is 2.46. The number of aryl methyl sites for hydroxylation is 1. The fourth-order valence-electron chi connectivity index (χ4n) is 5.05. The van der Waals surface area contributed by atoms with E-state index in [1.165, 1.54) is 0 Å². The predicted octanol–water partition coefficient (Wildman–Crippen LogP) is 5.40. The monoisotopic (exact) mass is 577 g/mol. The van der Waals surface area contributed by atoms with Crippen LogP contribution in [0.3, 0.4) is 0 Å². The number of para-hydroxylation sites is 2. The molecule has 1 amide bonds. The average Bonchev–Trinajstić information content (AvgIpc) is 3.41. The number of sulfonamides is 1. The Morgan fingerprint density at radius 3 is 2.20 bits per heavy atom. The van der Waals surface area contributed by atoms with Gasteiger partial charge in [0.2, 0.25) is 15.8 Å². The molecule has 0 saturated carbocycles. The highest BCUT2D eigenvalue weighted by molar-refractivity contribution is 7.91. The minimum Gasteiger partial charge on any atom is -0.445 e. The molecule has 3 atom stereocenters. The molecule has 0 spiro atoms. The molecular weight excluding hydrogens is 542 g/mol. The van der Waals surface area contributed by atoms with E-state index >= 15 is 0 Å². The molecule has 216 valence electrons. The molecule has 0 aliphatic rings. The standard InChI is InChI=1S/C31H35N3O6S/c1-3-22(2)27(34-30(36)39-21-24-15-8-5-9-16-24)31(41(32,37)38,20-12-17-23-13-6-4-7-14-23)28(35)29-33-25-18-10-11-19-26(25)40-29/h4-11,13-16,18-19,22,27H,3,12,17,20-21H2,1-2H3,(H,34,36)(H2,32,37,38). The average molecular weight is 578 g/mol. The van der Waals surface area contributed by atoms with Gasteiger partial charge in [0, 0.05) is 0 Å². The Balaban J connectivity index is 1.74. The lowest BCUT2D eigenvalue weighted by Gasteiger charge is -2.39. The summed E-state index contributed by atoms with van der Waals surface area (Å²) in [7, 11) is -4.65. The first-order chi connectivity index (χ1) is 19.7.